The standard InChI is InChI=1S/C15H19BrN2S2/c1-15(2,3)14-12(8-17)20-13(18-14)9-19-11-6-4-10(16)5-7-11/h4-7H,8-9,17H2,1-3H3. The van der Waals surface area contributed by atoms with Crippen LogP contribution < -0.4 is 5.73 Å². The van der Waals surface area contributed by atoms with Crippen LogP contribution in [0, 0.1) is 0 Å². The van der Waals surface area contributed by atoms with Crippen molar-refractivity contribution in [2.24, 2.45) is 5.73 Å². The molecule has 0 fully saturated rings. The molecule has 0 bridgehead atoms. The molecule has 0 unspecified atom stereocenters. The Hall–Kier alpha value is -0.360. The van der Waals surface area contributed by atoms with Gasteiger partial charge in [0.05, 0.1) is 11.4 Å². The lowest BCUT2D eigenvalue weighted by Gasteiger charge is -2.16. The molecule has 0 spiro atoms. The summed E-state index contributed by atoms with van der Waals surface area (Å²) in [4.78, 5) is 7.26. The second-order valence-electron chi connectivity index (χ2n) is 5.58. The van der Waals surface area contributed by atoms with Crippen LogP contribution in [-0.2, 0) is 17.7 Å². The summed E-state index contributed by atoms with van der Waals surface area (Å²) in [7, 11) is 0. The van der Waals surface area contributed by atoms with E-state index in [1.54, 1.807) is 11.3 Å². The fourth-order valence-corrected chi connectivity index (χ4v) is 4.18. The molecule has 0 saturated heterocycles. The molecule has 1 heterocycles. The number of thioether (sulfide) groups is 1. The molecule has 108 valence electrons. The second kappa shape index (κ2) is 6.60. The van der Waals surface area contributed by atoms with Crippen LogP contribution in [0.5, 0.6) is 0 Å². The highest BCUT2D eigenvalue weighted by Gasteiger charge is 2.22. The van der Waals surface area contributed by atoms with Gasteiger partial charge < -0.3 is 5.73 Å². The zero-order chi connectivity index (χ0) is 14.8. The Morgan fingerprint density at radius 1 is 1.25 bits per heavy atom. The molecule has 1 aromatic heterocycles. The van der Waals surface area contributed by atoms with Gasteiger partial charge in [-0.25, -0.2) is 4.98 Å². The number of nitrogens with zero attached hydrogens (tertiary/aromatic N) is 1. The molecular weight excluding hydrogens is 352 g/mol. The Bertz CT molecular complexity index is 571. The summed E-state index contributed by atoms with van der Waals surface area (Å²) in [5.41, 5.74) is 7.05. The highest BCUT2D eigenvalue weighted by molar-refractivity contribution is 9.10. The van der Waals surface area contributed by atoms with Gasteiger partial charge in [0, 0.05) is 26.2 Å². The zero-order valence-corrected chi connectivity index (χ0v) is 15.2. The van der Waals surface area contributed by atoms with Crippen molar-refractivity contribution in [3.8, 4) is 0 Å². The maximum absolute atomic E-state index is 5.84. The van der Waals surface area contributed by atoms with Crippen molar-refractivity contribution in [3.05, 3.63) is 44.3 Å². The van der Waals surface area contributed by atoms with Crippen LogP contribution in [0.1, 0.15) is 36.3 Å². The van der Waals surface area contributed by atoms with E-state index in [9.17, 15) is 0 Å². The quantitative estimate of drug-likeness (QED) is 0.773. The van der Waals surface area contributed by atoms with Gasteiger partial charge in [-0.2, -0.15) is 0 Å². The first kappa shape index (κ1) is 16.0. The predicted molar refractivity (Wildman–Crippen MR) is 92.4 cm³/mol. The topological polar surface area (TPSA) is 38.9 Å². The van der Waals surface area contributed by atoms with Crippen molar-refractivity contribution < 1.29 is 0 Å². The summed E-state index contributed by atoms with van der Waals surface area (Å²) in [6.45, 7) is 7.14. The van der Waals surface area contributed by atoms with E-state index in [1.165, 1.54) is 9.77 Å². The minimum absolute atomic E-state index is 0.0612. The van der Waals surface area contributed by atoms with Gasteiger partial charge in [0.1, 0.15) is 5.01 Å². The first-order chi connectivity index (χ1) is 9.40. The number of hydrogen-bond acceptors (Lipinski definition) is 4. The van der Waals surface area contributed by atoms with Crippen LogP contribution in [0.3, 0.4) is 0 Å². The zero-order valence-electron chi connectivity index (χ0n) is 11.9. The first-order valence-corrected chi connectivity index (χ1v) is 9.07. The molecule has 0 saturated carbocycles. The van der Waals surface area contributed by atoms with Crippen LogP contribution in [0.15, 0.2) is 33.6 Å². The van der Waals surface area contributed by atoms with Gasteiger partial charge in [-0.15, -0.1) is 23.1 Å². The molecule has 1 aromatic carbocycles. The summed E-state index contributed by atoms with van der Waals surface area (Å²) in [5, 5.41) is 1.16. The first-order valence-electron chi connectivity index (χ1n) is 6.47. The molecule has 5 heteroatoms. The summed E-state index contributed by atoms with van der Waals surface area (Å²) < 4.78 is 1.11. The van der Waals surface area contributed by atoms with Gasteiger partial charge in [0.15, 0.2) is 0 Å². The number of halogens is 1. The van der Waals surface area contributed by atoms with Gasteiger partial charge >= 0.3 is 0 Å². The van der Waals surface area contributed by atoms with Crippen molar-refractivity contribution in [1.29, 1.82) is 0 Å². The largest absolute Gasteiger partial charge is 0.326 e. The Morgan fingerprint density at radius 2 is 1.90 bits per heavy atom. The summed E-state index contributed by atoms with van der Waals surface area (Å²) >= 11 is 7.01. The van der Waals surface area contributed by atoms with Crippen molar-refractivity contribution in [2.45, 2.75) is 43.4 Å². The Morgan fingerprint density at radius 3 is 2.40 bits per heavy atom. The molecule has 20 heavy (non-hydrogen) atoms. The monoisotopic (exact) mass is 370 g/mol. The van der Waals surface area contributed by atoms with E-state index in [1.807, 2.05) is 11.8 Å². The Balaban J connectivity index is 2.10. The van der Waals surface area contributed by atoms with Crippen LogP contribution >= 0.6 is 39.0 Å². The van der Waals surface area contributed by atoms with Crippen molar-refractivity contribution in [2.75, 3.05) is 0 Å². The molecule has 0 aliphatic heterocycles. The fraction of sp³-hybridized carbons (Fsp3) is 0.400. The molecule has 0 radical (unpaired) electrons. The molecule has 2 nitrogen and oxygen atoms in total. The van der Waals surface area contributed by atoms with E-state index < -0.39 is 0 Å². The summed E-state index contributed by atoms with van der Waals surface area (Å²) in [6.07, 6.45) is 0. The fourth-order valence-electron chi connectivity index (χ4n) is 1.86. The van der Waals surface area contributed by atoms with Gasteiger partial charge in [0.2, 0.25) is 0 Å². The average Bonchev–Trinajstić information content (AvgIpc) is 2.81. The minimum atomic E-state index is 0.0612. The average molecular weight is 371 g/mol. The van der Waals surface area contributed by atoms with Crippen LogP contribution in [0.25, 0.3) is 0 Å². The second-order valence-corrected chi connectivity index (χ2v) is 8.71. The lowest BCUT2D eigenvalue weighted by atomic mass is 9.91. The van der Waals surface area contributed by atoms with Gasteiger partial charge in [-0.05, 0) is 24.3 Å². The Labute approximate surface area is 137 Å². The minimum Gasteiger partial charge on any atom is -0.326 e. The number of aromatic nitrogens is 1. The van der Waals surface area contributed by atoms with Gasteiger partial charge in [-0.1, -0.05) is 36.7 Å². The molecule has 0 aliphatic rings. The number of benzene rings is 1. The highest BCUT2D eigenvalue weighted by Crippen LogP contribution is 2.32. The molecular formula is C15H19BrN2S2. The molecule has 2 aromatic rings. The number of thiazole rings is 1. The van der Waals surface area contributed by atoms with E-state index in [0.717, 1.165) is 20.9 Å². The maximum atomic E-state index is 5.84. The summed E-state index contributed by atoms with van der Waals surface area (Å²) in [5.74, 6) is 0.898. The third-order valence-electron chi connectivity index (χ3n) is 2.81. The maximum Gasteiger partial charge on any atom is 0.103 e. The van der Waals surface area contributed by atoms with Crippen molar-refractivity contribution in [1.82, 2.24) is 4.98 Å². The number of nitrogens with two attached hydrogens (primary N) is 1. The van der Waals surface area contributed by atoms with Crippen LogP contribution in [0.2, 0.25) is 0 Å². The van der Waals surface area contributed by atoms with Crippen LogP contribution in [0.4, 0.5) is 0 Å². The van der Waals surface area contributed by atoms with Crippen LogP contribution in [-0.4, -0.2) is 4.98 Å². The smallest absolute Gasteiger partial charge is 0.103 e. The van der Waals surface area contributed by atoms with E-state index >= 15 is 0 Å². The van der Waals surface area contributed by atoms with Crippen molar-refractivity contribution >= 4 is 39.0 Å². The SMILES string of the molecule is CC(C)(C)c1nc(CSc2ccc(Br)cc2)sc1CN. The molecule has 0 atom stereocenters. The number of hydrogen-bond donors (Lipinski definition) is 1. The third kappa shape index (κ3) is 4.07. The molecule has 0 aliphatic carbocycles. The van der Waals surface area contributed by atoms with E-state index in [-0.39, 0.29) is 5.41 Å². The Kier molecular flexibility index (Phi) is 5.29. The van der Waals surface area contributed by atoms with Gasteiger partial charge in [-0.3, -0.25) is 0 Å². The lowest BCUT2D eigenvalue weighted by molar-refractivity contribution is 0.565. The van der Waals surface area contributed by atoms with E-state index in [0.29, 0.717) is 6.54 Å². The molecule has 2 rings (SSSR count). The van der Waals surface area contributed by atoms with Crippen molar-refractivity contribution in [3.63, 3.8) is 0 Å². The lowest BCUT2D eigenvalue weighted by Crippen LogP contribution is -2.15. The third-order valence-corrected chi connectivity index (χ3v) is 5.63. The predicted octanol–water partition coefficient (Wildman–Crippen LogP) is 4.95. The summed E-state index contributed by atoms with van der Waals surface area (Å²) in [6, 6.07) is 8.37. The van der Waals surface area contributed by atoms with E-state index in [2.05, 4.69) is 61.0 Å². The van der Waals surface area contributed by atoms with E-state index in [4.69, 9.17) is 10.7 Å². The van der Waals surface area contributed by atoms with Gasteiger partial charge in [0.25, 0.3) is 0 Å². The number of rotatable bonds is 4. The normalized spacial score (nSPS) is 11.8. The highest BCUT2D eigenvalue weighted by atomic mass is 79.9. The molecule has 2 N–H and O–H groups in total. The molecule has 0 amide bonds.